The van der Waals surface area contributed by atoms with Crippen molar-refractivity contribution < 1.29 is 14.2 Å². The van der Waals surface area contributed by atoms with Gasteiger partial charge in [-0.05, 0) is 24.6 Å². The van der Waals surface area contributed by atoms with Crippen LogP contribution in [-0.2, 0) is 17.8 Å². The molecule has 0 radical (unpaired) electrons. The molecule has 1 fully saturated rings. The molecule has 0 atom stereocenters. The van der Waals surface area contributed by atoms with Crippen molar-refractivity contribution in [1.29, 1.82) is 0 Å². The van der Waals surface area contributed by atoms with E-state index in [-0.39, 0.29) is 24.0 Å². The minimum atomic E-state index is 0. The lowest BCUT2D eigenvalue weighted by Crippen LogP contribution is -2.38. The predicted molar refractivity (Wildman–Crippen MR) is 139 cm³/mol. The van der Waals surface area contributed by atoms with Gasteiger partial charge in [-0.25, -0.2) is 0 Å². The van der Waals surface area contributed by atoms with E-state index in [2.05, 4.69) is 45.6 Å². The monoisotopic (exact) mass is 554 g/mol. The van der Waals surface area contributed by atoms with Crippen molar-refractivity contribution in [3.8, 4) is 11.5 Å². The van der Waals surface area contributed by atoms with Crippen molar-refractivity contribution >= 4 is 29.9 Å². The zero-order chi connectivity index (χ0) is 21.9. The lowest BCUT2D eigenvalue weighted by atomic mass is 10.1. The first-order valence-electron chi connectivity index (χ1n) is 10.8. The highest BCUT2D eigenvalue weighted by atomic mass is 127. The molecule has 0 amide bonds. The summed E-state index contributed by atoms with van der Waals surface area (Å²) in [5.74, 6) is 2.51. The Labute approximate surface area is 208 Å². The zero-order valence-corrected chi connectivity index (χ0v) is 21.6. The molecule has 0 spiro atoms. The van der Waals surface area contributed by atoms with Gasteiger partial charge < -0.3 is 24.8 Å². The van der Waals surface area contributed by atoms with E-state index in [1.165, 1.54) is 5.56 Å². The molecule has 0 unspecified atom stereocenters. The molecular weight excluding hydrogens is 519 g/mol. The molecule has 1 aliphatic heterocycles. The van der Waals surface area contributed by atoms with Gasteiger partial charge in [0.15, 0.2) is 5.96 Å². The van der Waals surface area contributed by atoms with E-state index < -0.39 is 0 Å². The van der Waals surface area contributed by atoms with Crippen LogP contribution in [0, 0.1) is 6.92 Å². The fourth-order valence-corrected chi connectivity index (χ4v) is 3.48. The standard InChI is InChI=1S/C24H34N4O3.HI/c1-19-8-9-21(23(16-19)29-3)18-27-24(25-2)26-17-20-6-4-5-7-22(20)31-15-12-28-10-13-30-14-11-28;/h4-9,16H,10-15,17-18H2,1-3H3,(H2,25,26,27);1H. The second-order valence-electron chi connectivity index (χ2n) is 7.50. The summed E-state index contributed by atoms with van der Waals surface area (Å²) in [4.78, 5) is 6.71. The maximum absolute atomic E-state index is 6.08. The predicted octanol–water partition coefficient (Wildman–Crippen LogP) is 3.20. The summed E-state index contributed by atoms with van der Waals surface area (Å²) in [5, 5.41) is 6.73. The highest BCUT2D eigenvalue weighted by Gasteiger charge is 2.11. The number of aliphatic imine (C=N–C) groups is 1. The van der Waals surface area contributed by atoms with E-state index in [0.29, 0.717) is 19.7 Å². The molecule has 176 valence electrons. The lowest BCUT2D eigenvalue weighted by Gasteiger charge is -2.26. The number of hydrogen-bond acceptors (Lipinski definition) is 5. The van der Waals surface area contributed by atoms with Crippen molar-refractivity contribution in [3.05, 3.63) is 59.2 Å². The van der Waals surface area contributed by atoms with Gasteiger partial charge in [0, 0.05) is 50.9 Å². The van der Waals surface area contributed by atoms with Crippen LogP contribution in [0.25, 0.3) is 0 Å². The maximum atomic E-state index is 6.08. The van der Waals surface area contributed by atoms with Crippen LogP contribution in [0.5, 0.6) is 11.5 Å². The van der Waals surface area contributed by atoms with E-state index in [9.17, 15) is 0 Å². The van der Waals surface area contributed by atoms with E-state index in [4.69, 9.17) is 14.2 Å². The number of guanidine groups is 1. The molecule has 3 rings (SSSR count). The highest BCUT2D eigenvalue weighted by molar-refractivity contribution is 14.0. The third-order valence-corrected chi connectivity index (χ3v) is 5.30. The Kier molecular flexibility index (Phi) is 11.6. The second kappa shape index (κ2) is 14.2. The fourth-order valence-electron chi connectivity index (χ4n) is 3.48. The van der Waals surface area contributed by atoms with Crippen LogP contribution in [-0.4, -0.2) is 64.5 Å². The number of morpholine rings is 1. The third-order valence-electron chi connectivity index (χ3n) is 5.30. The van der Waals surface area contributed by atoms with Crippen LogP contribution in [0.3, 0.4) is 0 Å². The number of nitrogens with one attached hydrogen (secondary N) is 2. The maximum Gasteiger partial charge on any atom is 0.191 e. The fraction of sp³-hybridized carbons (Fsp3) is 0.458. The Morgan fingerprint density at radius 2 is 1.72 bits per heavy atom. The van der Waals surface area contributed by atoms with Crippen molar-refractivity contribution in [2.45, 2.75) is 20.0 Å². The van der Waals surface area contributed by atoms with Gasteiger partial charge in [-0.2, -0.15) is 0 Å². The van der Waals surface area contributed by atoms with Gasteiger partial charge in [-0.3, -0.25) is 9.89 Å². The first kappa shape index (κ1) is 26.2. The first-order chi connectivity index (χ1) is 15.2. The molecular formula is C24H35IN4O3. The Bertz CT molecular complexity index is 857. The summed E-state index contributed by atoms with van der Waals surface area (Å²) >= 11 is 0. The van der Waals surface area contributed by atoms with Crippen molar-refractivity contribution in [2.75, 3.05) is 53.6 Å². The van der Waals surface area contributed by atoms with Crippen LogP contribution in [0.4, 0.5) is 0 Å². The summed E-state index contributed by atoms with van der Waals surface area (Å²) in [6.07, 6.45) is 0. The van der Waals surface area contributed by atoms with Crippen molar-refractivity contribution in [2.24, 2.45) is 4.99 Å². The highest BCUT2D eigenvalue weighted by Crippen LogP contribution is 2.20. The summed E-state index contributed by atoms with van der Waals surface area (Å²) in [5.41, 5.74) is 3.36. The van der Waals surface area contributed by atoms with Crippen molar-refractivity contribution in [1.82, 2.24) is 15.5 Å². The van der Waals surface area contributed by atoms with Crippen LogP contribution >= 0.6 is 24.0 Å². The van der Waals surface area contributed by atoms with Crippen molar-refractivity contribution in [3.63, 3.8) is 0 Å². The van der Waals surface area contributed by atoms with Crippen LogP contribution in [0.2, 0.25) is 0 Å². The van der Waals surface area contributed by atoms with Gasteiger partial charge >= 0.3 is 0 Å². The van der Waals surface area contributed by atoms with Gasteiger partial charge in [0.05, 0.1) is 20.3 Å². The molecule has 7 nitrogen and oxygen atoms in total. The number of halogens is 1. The Balaban J connectivity index is 0.00000363. The smallest absolute Gasteiger partial charge is 0.191 e. The lowest BCUT2D eigenvalue weighted by molar-refractivity contribution is 0.0322. The van der Waals surface area contributed by atoms with E-state index >= 15 is 0 Å². The topological polar surface area (TPSA) is 67.4 Å². The van der Waals surface area contributed by atoms with E-state index in [1.54, 1.807) is 14.2 Å². The quantitative estimate of drug-likeness (QED) is 0.282. The third kappa shape index (κ3) is 8.14. The summed E-state index contributed by atoms with van der Waals surface area (Å²) in [7, 11) is 3.47. The SMILES string of the molecule is CN=C(NCc1ccc(C)cc1OC)NCc1ccccc1OCCN1CCOCC1.I. The Morgan fingerprint density at radius 1 is 1.03 bits per heavy atom. The molecule has 2 N–H and O–H groups in total. The Morgan fingerprint density at radius 3 is 2.41 bits per heavy atom. The molecule has 1 saturated heterocycles. The number of nitrogens with zero attached hydrogens (tertiary/aromatic N) is 2. The van der Waals surface area contributed by atoms with Crippen LogP contribution < -0.4 is 20.1 Å². The molecule has 1 heterocycles. The molecule has 8 heteroatoms. The Hall–Kier alpha value is -2.04. The summed E-state index contributed by atoms with van der Waals surface area (Å²) < 4.78 is 17.0. The molecule has 1 aliphatic rings. The average Bonchev–Trinajstić information content (AvgIpc) is 2.81. The van der Waals surface area contributed by atoms with Gasteiger partial charge in [-0.15, -0.1) is 24.0 Å². The molecule has 0 aromatic heterocycles. The number of hydrogen-bond donors (Lipinski definition) is 2. The largest absolute Gasteiger partial charge is 0.496 e. The number of rotatable bonds is 9. The van der Waals surface area contributed by atoms with Gasteiger partial charge in [0.1, 0.15) is 18.1 Å². The van der Waals surface area contributed by atoms with E-state index in [1.807, 2.05) is 24.3 Å². The average molecular weight is 554 g/mol. The molecule has 0 saturated carbocycles. The number of aryl methyl sites for hydroxylation is 1. The number of methoxy groups -OCH3 is 1. The summed E-state index contributed by atoms with van der Waals surface area (Å²) in [6.45, 7) is 8.44. The second-order valence-corrected chi connectivity index (χ2v) is 7.50. The van der Waals surface area contributed by atoms with Gasteiger partial charge in [0.2, 0.25) is 0 Å². The zero-order valence-electron chi connectivity index (χ0n) is 19.2. The summed E-state index contributed by atoms with van der Waals surface area (Å²) in [6, 6.07) is 14.3. The van der Waals surface area contributed by atoms with Gasteiger partial charge in [0.25, 0.3) is 0 Å². The molecule has 2 aromatic carbocycles. The molecule has 2 aromatic rings. The van der Waals surface area contributed by atoms with Gasteiger partial charge in [-0.1, -0.05) is 30.3 Å². The minimum absolute atomic E-state index is 0. The molecule has 32 heavy (non-hydrogen) atoms. The number of benzene rings is 2. The van der Waals surface area contributed by atoms with Crippen LogP contribution in [0.1, 0.15) is 16.7 Å². The molecule has 0 aliphatic carbocycles. The normalized spacial score (nSPS) is 14.4. The minimum Gasteiger partial charge on any atom is -0.496 e. The molecule has 0 bridgehead atoms. The number of para-hydroxylation sites is 1. The van der Waals surface area contributed by atoms with Crippen LogP contribution in [0.15, 0.2) is 47.5 Å². The first-order valence-corrected chi connectivity index (χ1v) is 10.8. The number of ether oxygens (including phenoxy) is 3. The van der Waals surface area contributed by atoms with E-state index in [0.717, 1.165) is 61.4 Å².